The number of rotatable bonds is 0. The molecular formula is C20H8O4S2. The molecular weight excluding hydrogens is 368 g/mol. The van der Waals surface area contributed by atoms with Crippen LogP contribution in [-0.2, 0) is 0 Å². The van der Waals surface area contributed by atoms with E-state index in [4.69, 9.17) is 0 Å². The SMILES string of the molecule is O=c1c2ccccc2c(=O)c2sc3c(=O)c4ccccc4c(=O)c3sc12. The average molecular weight is 376 g/mol. The summed E-state index contributed by atoms with van der Waals surface area (Å²) in [4.78, 5) is 51.4. The first-order valence-electron chi connectivity index (χ1n) is 7.79. The van der Waals surface area contributed by atoms with E-state index >= 15 is 0 Å². The van der Waals surface area contributed by atoms with Gasteiger partial charge in [-0.15, -0.1) is 22.7 Å². The molecule has 5 aromatic rings. The standard InChI is InChI=1S/C20H8O4S2/c21-13-9-5-1-2-6-10(9)14(22)18-17(13)25-19-15(23)11-7-3-4-8-12(11)16(24)20(19)26-18/h1-8H. The zero-order valence-corrected chi connectivity index (χ0v) is 14.7. The maximum absolute atomic E-state index is 12.8. The van der Waals surface area contributed by atoms with Crippen molar-refractivity contribution < 1.29 is 0 Å². The van der Waals surface area contributed by atoms with Crippen molar-refractivity contribution in [3.8, 4) is 0 Å². The maximum atomic E-state index is 12.8. The van der Waals surface area contributed by atoms with Crippen LogP contribution in [0.1, 0.15) is 0 Å². The van der Waals surface area contributed by atoms with Gasteiger partial charge in [0.05, 0.1) is 18.8 Å². The van der Waals surface area contributed by atoms with Crippen molar-refractivity contribution >= 4 is 63.0 Å². The second kappa shape index (κ2) is 5.27. The minimum atomic E-state index is -0.279. The monoisotopic (exact) mass is 376 g/mol. The molecule has 0 amide bonds. The third kappa shape index (κ3) is 1.88. The van der Waals surface area contributed by atoms with E-state index in [1.807, 2.05) is 0 Å². The van der Waals surface area contributed by atoms with E-state index in [9.17, 15) is 19.2 Å². The molecule has 0 spiro atoms. The fourth-order valence-electron chi connectivity index (χ4n) is 3.23. The summed E-state index contributed by atoms with van der Waals surface area (Å²) < 4.78 is 0.937. The van der Waals surface area contributed by atoms with E-state index in [2.05, 4.69) is 0 Å². The molecule has 0 aliphatic rings. The second-order valence-electron chi connectivity index (χ2n) is 5.93. The molecule has 1 aromatic heterocycles. The van der Waals surface area contributed by atoms with Gasteiger partial charge in [0.1, 0.15) is 0 Å². The van der Waals surface area contributed by atoms with Crippen molar-refractivity contribution in [2.24, 2.45) is 0 Å². The van der Waals surface area contributed by atoms with E-state index in [0.717, 1.165) is 22.7 Å². The Morgan fingerprint density at radius 1 is 0.423 bits per heavy atom. The van der Waals surface area contributed by atoms with Crippen molar-refractivity contribution in [2.75, 3.05) is 0 Å². The van der Waals surface area contributed by atoms with E-state index in [-0.39, 0.29) is 40.5 Å². The number of fused-ring (bicyclic) bond motifs is 4. The van der Waals surface area contributed by atoms with E-state index < -0.39 is 0 Å². The van der Waals surface area contributed by atoms with Gasteiger partial charge in [-0.1, -0.05) is 48.5 Å². The smallest absolute Gasteiger partial charge is 0.205 e. The van der Waals surface area contributed by atoms with Crippen LogP contribution in [0, 0.1) is 0 Å². The van der Waals surface area contributed by atoms with Crippen LogP contribution in [0.2, 0.25) is 0 Å². The largest absolute Gasteiger partial charge is 0.288 e. The fourth-order valence-corrected chi connectivity index (χ4v) is 5.70. The van der Waals surface area contributed by atoms with Crippen LogP contribution in [0.3, 0.4) is 0 Å². The average Bonchev–Trinajstić information content (AvgIpc) is 2.69. The molecule has 0 aliphatic heterocycles. The lowest BCUT2D eigenvalue weighted by atomic mass is 10.1. The van der Waals surface area contributed by atoms with Crippen LogP contribution in [-0.4, -0.2) is 0 Å². The molecule has 0 N–H and O–H groups in total. The minimum Gasteiger partial charge on any atom is -0.288 e. The molecule has 0 aliphatic carbocycles. The summed E-state index contributed by atoms with van der Waals surface area (Å²) in [5.74, 6) is 0. The predicted molar refractivity (Wildman–Crippen MR) is 108 cm³/mol. The fraction of sp³-hybridized carbons (Fsp3) is 0. The third-order valence-corrected chi connectivity index (χ3v) is 7.11. The van der Waals surface area contributed by atoms with E-state index in [1.54, 1.807) is 48.5 Å². The van der Waals surface area contributed by atoms with Crippen LogP contribution in [0.5, 0.6) is 0 Å². The molecule has 0 saturated carbocycles. The summed E-state index contributed by atoms with van der Waals surface area (Å²) in [6, 6.07) is 13.2. The van der Waals surface area contributed by atoms with Gasteiger partial charge in [0.2, 0.25) is 21.7 Å². The molecule has 0 fully saturated rings. The summed E-state index contributed by atoms with van der Waals surface area (Å²) in [6.07, 6.45) is 0. The molecule has 4 aromatic carbocycles. The Balaban J connectivity index is 2.16. The van der Waals surface area contributed by atoms with Crippen LogP contribution >= 0.6 is 22.7 Å². The lowest BCUT2D eigenvalue weighted by Crippen LogP contribution is -2.14. The summed E-state index contributed by atoms with van der Waals surface area (Å²) in [5.41, 5.74) is -1.12. The highest BCUT2D eigenvalue weighted by Crippen LogP contribution is 2.28. The van der Waals surface area contributed by atoms with Gasteiger partial charge < -0.3 is 0 Å². The molecule has 0 saturated heterocycles. The Kier molecular flexibility index (Phi) is 3.10. The lowest BCUT2D eigenvalue weighted by molar-refractivity contribution is 1.71. The molecule has 4 nitrogen and oxygen atoms in total. The van der Waals surface area contributed by atoms with Crippen molar-refractivity contribution in [2.45, 2.75) is 0 Å². The van der Waals surface area contributed by atoms with Gasteiger partial charge in [-0.05, 0) is 0 Å². The molecule has 6 heteroatoms. The highest BCUT2D eigenvalue weighted by Gasteiger charge is 2.17. The van der Waals surface area contributed by atoms with E-state index in [1.165, 1.54) is 0 Å². The maximum Gasteiger partial charge on any atom is 0.205 e. The highest BCUT2D eigenvalue weighted by molar-refractivity contribution is 7.36. The van der Waals surface area contributed by atoms with Gasteiger partial charge in [0, 0.05) is 21.5 Å². The van der Waals surface area contributed by atoms with Crippen molar-refractivity contribution in [1.82, 2.24) is 0 Å². The first-order valence-corrected chi connectivity index (χ1v) is 9.42. The van der Waals surface area contributed by atoms with E-state index in [0.29, 0.717) is 21.5 Å². The van der Waals surface area contributed by atoms with Crippen LogP contribution < -0.4 is 21.7 Å². The van der Waals surface area contributed by atoms with Crippen LogP contribution in [0.4, 0.5) is 0 Å². The molecule has 26 heavy (non-hydrogen) atoms. The normalized spacial score (nSPS) is 11.7. The lowest BCUT2D eigenvalue weighted by Gasteiger charge is -2.03. The molecule has 5 rings (SSSR count). The summed E-state index contributed by atoms with van der Waals surface area (Å²) in [7, 11) is 0. The van der Waals surface area contributed by atoms with Gasteiger partial charge in [-0.2, -0.15) is 0 Å². The third-order valence-electron chi connectivity index (χ3n) is 4.48. The molecule has 124 valence electrons. The topological polar surface area (TPSA) is 68.3 Å². The van der Waals surface area contributed by atoms with Crippen LogP contribution in [0.15, 0.2) is 67.7 Å². The van der Waals surface area contributed by atoms with Gasteiger partial charge in [0.15, 0.2) is 0 Å². The predicted octanol–water partition coefficient (Wildman–Crippen LogP) is 3.30. The Hall–Kier alpha value is -2.96. The Bertz CT molecular complexity index is 1370. The molecule has 0 bridgehead atoms. The van der Waals surface area contributed by atoms with Gasteiger partial charge >= 0.3 is 0 Å². The summed E-state index contributed by atoms with van der Waals surface area (Å²) in [6.45, 7) is 0. The minimum absolute atomic E-state index is 0.234. The van der Waals surface area contributed by atoms with Gasteiger partial charge in [-0.3, -0.25) is 19.2 Å². The summed E-state index contributed by atoms with van der Waals surface area (Å²) >= 11 is 1.90. The Morgan fingerprint density at radius 3 is 0.885 bits per heavy atom. The molecule has 0 unspecified atom stereocenters. The van der Waals surface area contributed by atoms with Crippen molar-refractivity contribution in [3.63, 3.8) is 0 Å². The number of hydrogen-bond donors (Lipinski definition) is 0. The first kappa shape index (κ1) is 15.3. The number of hydrogen-bond acceptors (Lipinski definition) is 6. The van der Waals surface area contributed by atoms with Gasteiger partial charge in [0.25, 0.3) is 0 Å². The molecule has 0 radical (unpaired) electrons. The quantitative estimate of drug-likeness (QED) is 0.389. The van der Waals surface area contributed by atoms with Crippen LogP contribution in [0.25, 0.3) is 40.3 Å². The molecule has 1 heterocycles. The number of benzene rings is 4. The van der Waals surface area contributed by atoms with Crippen molar-refractivity contribution in [1.29, 1.82) is 0 Å². The van der Waals surface area contributed by atoms with Crippen molar-refractivity contribution in [3.05, 3.63) is 89.4 Å². The summed E-state index contributed by atoms with van der Waals surface area (Å²) in [5, 5.41) is 1.35. The zero-order valence-electron chi connectivity index (χ0n) is 13.1. The highest BCUT2D eigenvalue weighted by atomic mass is 32.1. The zero-order chi connectivity index (χ0) is 18.0. The molecule has 0 atom stereocenters. The Morgan fingerprint density at radius 2 is 0.654 bits per heavy atom. The Labute approximate surface area is 152 Å². The first-order chi connectivity index (χ1) is 12.6. The second-order valence-corrected chi connectivity index (χ2v) is 7.97. The van der Waals surface area contributed by atoms with Gasteiger partial charge in [-0.25, -0.2) is 0 Å².